The highest BCUT2D eigenvalue weighted by atomic mass is 32.1. The van der Waals surface area contributed by atoms with Gasteiger partial charge in [-0.2, -0.15) is 4.37 Å². The number of rotatable bonds is 5. The Labute approximate surface area is 127 Å². The van der Waals surface area contributed by atoms with Crippen LogP contribution in [0.15, 0.2) is 54.6 Å². The Balaban J connectivity index is 1.52. The number of hydrogen-bond donors (Lipinski definition) is 2. The van der Waals surface area contributed by atoms with E-state index in [-0.39, 0.29) is 5.91 Å². The van der Waals surface area contributed by atoms with Crippen molar-refractivity contribution < 1.29 is 4.79 Å². The van der Waals surface area contributed by atoms with E-state index in [0.29, 0.717) is 18.7 Å². The number of anilines is 1. The van der Waals surface area contributed by atoms with E-state index in [4.69, 9.17) is 0 Å². The highest BCUT2D eigenvalue weighted by Gasteiger charge is 2.05. The van der Waals surface area contributed by atoms with Crippen LogP contribution < -0.4 is 10.6 Å². The molecule has 0 radical (unpaired) electrons. The molecular weight excluding hydrogens is 282 g/mol. The number of benzene rings is 2. The first-order valence-electron chi connectivity index (χ1n) is 6.76. The van der Waals surface area contributed by atoms with Crippen LogP contribution in [0.4, 0.5) is 5.82 Å². The fourth-order valence-corrected chi connectivity index (χ4v) is 2.82. The van der Waals surface area contributed by atoms with Crippen LogP contribution in [0.1, 0.15) is 10.4 Å². The van der Waals surface area contributed by atoms with E-state index < -0.39 is 0 Å². The van der Waals surface area contributed by atoms with Crippen LogP contribution in [-0.4, -0.2) is 23.4 Å². The van der Waals surface area contributed by atoms with Gasteiger partial charge in [-0.1, -0.05) is 30.3 Å². The first kappa shape index (κ1) is 13.6. The van der Waals surface area contributed by atoms with Crippen LogP contribution in [0.25, 0.3) is 10.1 Å². The Hall–Kier alpha value is -2.40. The fraction of sp³-hybridized carbons (Fsp3) is 0.125. The number of nitrogens with one attached hydrogen (secondary N) is 2. The van der Waals surface area contributed by atoms with Crippen LogP contribution in [0, 0.1) is 0 Å². The first-order chi connectivity index (χ1) is 10.3. The topological polar surface area (TPSA) is 54.0 Å². The molecular formula is C16H15N3OS. The van der Waals surface area contributed by atoms with Crippen LogP contribution in [0.3, 0.4) is 0 Å². The summed E-state index contributed by atoms with van der Waals surface area (Å²) in [6.07, 6.45) is 0. The Morgan fingerprint density at radius 3 is 2.62 bits per heavy atom. The Kier molecular flexibility index (Phi) is 4.12. The van der Waals surface area contributed by atoms with E-state index in [2.05, 4.69) is 21.1 Å². The Morgan fingerprint density at radius 2 is 1.76 bits per heavy atom. The van der Waals surface area contributed by atoms with Crippen molar-refractivity contribution in [2.45, 2.75) is 0 Å². The van der Waals surface area contributed by atoms with E-state index >= 15 is 0 Å². The molecule has 0 unspecified atom stereocenters. The van der Waals surface area contributed by atoms with E-state index in [1.54, 1.807) is 12.1 Å². The number of nitrogens with zero attached hydrogens (tertiary/aromatic N) is 1. The highest BCUT2D eigenvalue weighted by Crippen LogP contribution is 2.25. The quantitative estimate of drug-likeness (QED) is 0.711. The van der Waals surface area contributed by atoms with Crippen molar-refractivity contribution in [3.8, 4) is 0 Å². The molecule has 3 rings (SSSR count). The second-order valence-corrected chi connectivity index (χ2v) is 5.38. The Bertz CT molecular complexity index is 739. The van der Waals surface area contributed by atoms with Gasteiger partial charge in [-0.3, -0.25) is 4.79 Å². The lowest BCUT2D eigenvalue weighted by molar-refractivity contribution is 0.0955. The lowest BCUT2D eigenvalue weighted by atomic mass is 10.2. The highest BCUT2D eigenvalue weighted by molar-refractivity contribution is 7.13. The third-order valence-electron chi connectivity index (χ3n) is 3.12. The number of amides is 1. The second-order valence-electron chi connectivity index (χ2n) is 4.58. The molecule has 0 saturated heterocycles. The average Bonchev–Trinajstić information content (AvgIpc) is 2.95. The third kappa shape index (κ3) is 3.20. The minimum Gasteiger partial charge on any atom is -0.367 e. The molecule has 0 aliphatic heterocycles. The molecule has 0 bridgehead atoms. The predicted molar refractivity (Wildman–Crippen MR) is 86.9 cm³/mol. The van der Waals surface area contributed by atoms with Gasteiger partial charge in [-0.25, -0.2) is 0 Å². The minimum absolute atomic E-state index is 0.0551. The Morgan fingerprint density at radius 1 is 1.00 bits per heavy atom. The van der Waals surface area contributed by atoms with Gasteiger partial charge in [0.05, 0.1) is 4.70 Å². The molecule has 5 heteroatoms. The van der Waals surface area contributed by atoms with Crippen molar-refractivity contribution in [3.05, 3.63) is 60.2 Å². The maximum absolute atomic E-state index is 11.9. The van der Waals surface area contributed by atoms with Crippen molar-refractivity contribution in [3.63, 3.8) is 0 Å². The number of aromatic nitrogens is 1. The molecule has 0 aliphatic carbocycles. The van der Waals surface area contributed by atoms with Crippen molar-refractivity contribution in [2.24, 2.45) is 0 Å². The molecule has 1 aromatic heterocycles. The zero-order chi connectivity index (χ0) is 14.5. The number of fused-ring (bicyclic) bond motifs is 1. The van der Waals surface area contributed by atoms with Gasteiger partial charge in [0.2, 0.25) is 0 Å². The summed E-state index contributed by atoms with van der Waals surface area (Å²) in [6.45, 7) is 1.20. The maximum Gasteiger partial charge on any atom is 0.251 e. The van der Waals surface area contributed by atoms with Gasteiger partial charge in [-0.05, 0) is 35.8 Å². The number of hydrogen-bond acceptors (Lipinski definition) is 4. The molecule has 1 heterocycles. The van der Waals surface area contributed by atoms with E-state index in [1.807, 2.05) is 36.4 Å². The van der Waals surface area contributed by atoms with Gasteiger partial charge in [0, 0.05) is 24.0 Å². The summed E-state index contributed by atoms with van der Waals surface area (Å²) >= 11 is 1.48. The van der Waals surface area contributed by atoms with Gasteiger partial charge in [0.15, 0.2) is 0 Å². The molecule has 4 nitrogen and oxygen atoms in total. The first-order valence-corrected chi connectivity index (χ1v) is 7.53. The zero-order valence-corrected chi connectivity index (χ0v) is 12.2. The van der Waals surface area contributed by atoms with Crippen LogP contribution >= 0.6 is 11.5 Å². The molecule has 21 heavy (non-hydrogen) atoms. The summed E-state index contributed by atoms with van der Waals surface area (Å²) in [6, 6.07) is 17.3. The summed E-state index contributed by atoms with van der Waals surface area (Å²) < 4.78 is 5.55. The summed E-state index contributed by atoms with van der Waals surface area (Å²) in [4.78, 5) is 11.9. The maximum atomic E-state index is 11.9. The summed E-state index contributed by atoms with van der Waals surface area (Å²) in [5, 5.41) is 7.26. The fourth-order valence-electron chi connectivity index (χ4n) is 2.06. The normalized spacial score (nSPS) is 10.5. The third-order valence-corrected chi connectivity index (χ3v) is 3.94. The van der Waals surface area contributed by atoms with E-state index in [0.717, 1.165) is 15.9 Å². The van der Waals surface area contributed by atoms with E-state index in [1.165, 1.54) is 11.5 Å². The zero-order valence-electron chi connectivity index (χ0n) is 11.4. The van der Waals surface area contributed by atoms with Crippen molar-refractivity contribution in [2.75, 3.05) is 18.4 Å². The van der Waals surface area contributed by atoms with E-state index in [9.17, 15) is 4.79 Å². The van der Waals surface area contributed by atoms with Crippen LogP contribution in [-0.2, 0) is 0 Å². The van der Waals surface area contributed by atoms with Crippen molar-refractivity contribution in [1.29, 1.82) is 0 Å². The smallest absolute Gasteiger partial charge is 0.251 e. The number of carbonyl (C=O) groups is 1. The number of carbonyl (C=O) groups excluding carboxylic acids is 1. The molecule has 1 amide bonds. The predicted octanol–water partition coefficient (Wildman–Crippen LogP) is 3.14. The van der Waals surface area contributed by atoms with Gasteiger partial charge in [0.25, 0.3) is 5.91 Å². The average molecular weight is 297 g/mol. The van der Waals surface area contributed by atoms with Crippen LogP contribution in [0.2, 0.25) is 0 Å². The molecule has 106 valence electrons. The van der Waals surface area contributed by atoms with Gasteiger partial charge in [0.1, 0.15) is 5.82 Å². The summed E-state index contributed by atoms with van der Waals surface area (Å²) in [7, 11) is 0. The summed E-state index contributed by atoms with van der Waals surface area (Å²) in [5.41, 5.74) is 0.677. The van der Waals surface area contributed by atoms with Gasteiger partial charge < -0.3 is 10.6 Å². The molecule has 0 aliphatic rings. The lowest BCUT2D eigenvalue weighted by Crippen LogP contribution is -2.28. The van der Waals surface area contributed by atoms with Crippen molar-refractivity contribution >= 4 is 33.3 Å². The van der Waals surface area contributed by atoms with Crippen molar-refractivity contribution in [1.82, 2.24) is 9.69 Å². The van der Waals surface area contributed by atoms with Crippen LogP contribution in [0.5, 0.6) is 0 Å². The minimum atomic E-state index is -0.0551. The van der Waals surface area contributed by atoms with Gasteiger partial charge in [-0.15, -0.1) is 0 Å². The second kappa shape index (κ2) is 6.37. The SMILES string of the molecule is O=C(NCCNc1nsc2ccccc12)c1ccccc1. The molecule has 0 atom stereocenters. The molecule has 3 aromatic rings. The molecule has 0 spiro atoms. The summed E-state index contributed by atoms with van der Waals surface area (Å²) in [5.74, 6) is 0.824. The largest absolute Gasteiger partial charge is 0.367 e. The van der Waals surface area contributed by atoms with Gasteiger partial charge >= 0.3 is 0 Å². The molecule has 2 aromatic carbocycles. The monoisotopic (exact) mass is 297 g/mol. The molecule has 2 N–H and O–H groups in total. The standard InChI is InChI=1S/C16H15N3OS/c20-16(12-6-2-1-3-7-12)18-11-10-17-15-13-8-4-5-9-14(13)21-19-15/h1-9H,10-11H2,(H,17,19)(H,18,20). The molecule has 0 fully saturated rings. The molecule has 0 saturated carbocycles. The lowest BCUT2D eigenvalue weighted by Gasteiger charge is -2.06.